The fraction of sp³-hybridized carbons (Fsp3) is 0.357. The number of nitrogens with one attached hydrogen (secondary N) is 1. The highest BCUT2D eigenvalue weighted by molar-refractivity contribution is 7.09. The lowest BCUT2D eigenvalue weighted by atomic mass is 10.1. The fourth-order valence-corrected chi connectivity index (χ4v) is 2.90. The lowest BCUT2D eigenvalue weighted by Gasteiger charge is -2.16. The zero-order chi connectivity index (χ0) is 13.8. The maximum atomic E-state index is 5.34. The molecule has 0 spiro atoms. The first-order valence-corrected chi connectivity index (χ1v) is 6.88. The van der Waals surface area contributed by atoms with E-state index in [0.29, 0.717) is 0 Å². The quantitative estimate of drug-likeness (QED) is 0.913. The molecular weight excluding hydrogens is 260 g/mol. The summed E-state index contributed by atoms with van der Waals surface area (Å²) in [5, 5.41) is 6.39. The zero-order valence-electron chi connectivity index (χ0n) is 11.6. The number of benzene rings is 1. The van der Waals surface area contributed by atoms with Crippen molar-refractivity contribution in [2.75, 3.05) is 21.3 Å². The van der Waals surface area contributed by atoms with Crippen LogP contribution in [-0.4, -0.2) is 26.3 Å². The molecule has 1 unspecified atom stereocenters. The van der Waals surface area contributed by atoms with Crippen LogP contribution in [0.2, 0.25) is 0 Å². The van der Waals surface area contributed by atoms with Gasteiger partial charge >= 0.3 is 0 Å². The number of methoxy groups -OCH3 is 2. The number of nitrogens with zero attached hydrogens (tertiary/aromatic N) is 1. The number of ether oxygens (including phenoxy) is 2. The average molecular weight is 278 g/mol. The van der Waals surface area contributed by atoms with E-state index in [1.54, 1.807) is 25.6 Å². The van der Waals surface area contributed by atoms with Crippen LogP contribution in [0.15, 0.2) is 23.6 Å². The molecule has 0 radical (unpaired) electrons. The van der Waals surface area contributed by atoms with Gasteiger partial charge in [-0.25, -0.2) is 4.98 Å². The Labute approximate surface area is 117 Å². The molecule has 2 rings (SSSR count). The lowest BCUT2D eigenvalue weighted by molar-refractivity contribution is 0.354. The summed E-state index contributed by atoms with van der Waals surface area (Å²) in [7, 11) is 5.21. The summed E-state index contributed by atoms with van der Waals surface area (Å²) < 4.78 is 10.6. The molecule has 1 aromatic heterocycles. The maximum Gasteiger partial charge on any atom is 0.161 e. The van der Waals surface area contributed by atoms with Crippen LogP contribution in [0.1, 0.15) is 22.3 Å². The van der Waals surface area contributed by atoms with Gasteiger partial charge in [-0.2, -0.15) is 0 Å². The van der Waals surface area contributed by atoms with E-state index in [4.69, 9.17) is 9.47 Å². The first-order chi connectivity index (χ1) is 9.19. The van der Waals surface area contributed by atoms with Crippen LogP contribution in [-0.2, 0) is 0 Å². The summed E-state index contributed by atoms with van der Waals surface area (Å²) in [6, 6.07) is 5.99. The van der Waals surface area contributed by atoms with Crippen molar-refractivity contribution >= 4 is 11.3 Å². The van der Waals surface area contributed by atoms with Gasteiger partial charge in [-0.05, 0) is 31.7 Å². The predicted molar refractivity (Wildman–Crippen MR) is 77.3 cm³/mol. The Balaban J connectivity index is 2.38. The average Bonchev–Trinajstić information content (AvgIpc) is 2.86. The van der Waals surface area contributed by atoms with Crippen molar-refractivity contribution in [3.05, 3.63) is 39.8 Å². The number of rotatable bonds is 5. The molecule has 19 heavy (non-hydrogen) atoms. The molecule has 4 nitrogen and oxygen atoms in total. The van der Waals surface area contributed by atoms with E-state index < -0.39 is 0 Å². The van der Waals surface area contributed by atoms with Crippen LogP contribution in [0.4, 0.5) is 0 Å². The Morgan fingerprint density at radius 2 is 1.95 bits per heavy atom. The van der Waals surface area contributed by atoms with Crippen molar-refractivity contribution < 1.29 is 9.47 Å². The molecule has 0 aliphatic carbocycles. The van der Waals surface area contributed by atoms with Crippen LogP contribution in [0.3, 0.4) is 0 Å². The summed E-state index contributed by atoms with van der Waals surface area (Å²) in [5.41, 5.74) is 2.15. The lowest BCUT2D eigenvalue weighted by Crippen LogP contribution is -2.17. The van der Waals surface area contributed by atoms with Gasteiger partial charge in [0.2, 0.25) is 0 Å². The molecule has 5 heteroatoms. The summed E-state index contributed by atoms with van der Waals surface area (Å²) in [5.74, 6) is 1.46. The molecule has 0 aliphatic heterocycles. The zero-order valence-corrected chi connectivity index (χ0v) is 12.4. The first-order valence-electron chi connectivity index (χ1n) is 6.00. The van der Waals surface area contributed by atoms with Crippen LogP contribution >= 0.6 is 11.3 Å². The van der Waals surface area contributed by atoms with E-state index in [0.717, 1.165) is 27.8 Å². The Morgan fingerprint density at radius 3 is 2.47 bits per heavy atom. The molecular formula is C14H18N2O2S. The number of aryl methyl sites for hydroxylation is 1. The molecule has 1 aromatic carbocycles. The van der Waals surface area contributed by atoms with Gasteiger partial charge in [0.15, 0.2) is 11.5 Å². The highest BCUT2D eigenvalue weighted by Gasteiger charge is 2.17. The standard InChI is InChI=1S/C14H18N2O2S/c1-9-8-19-14(16-9)13(15-2)10-5-6-11(17-3)12(7-10)18-4/h5-8,13,15H,1-4H3. The Morgan fingerprint density at radius 1 is 1.21 bits per heavy atom. The first kappa shape index (κ1) is 13.8. The van der Waals surface area contributed by atoms with Crippen molar-refractivity contribution in [3.63, 3.8) is 0 Å². The van der Waals surface area contributed by atoms with E-state index in [-0.39, 0.29) is 6.04 Å². The molecule has 0 saturated heterocycles. The van der Waals surface area contributed by atoms with Crippen molar-refractivity contribution in [2.24, 2.45) is 0 Å². The third-order valence-electron chi connectivity index (χ3n) is 2.91. The molecule has 1 heterocycles. The third-order valence-corrected chi connectivity index (χ3v) is 3.94. The topological polar surface area (TPSA) is 43.4 Å². The van der Waals surface area contributed by atoms with Gasteiger partial charge in [-0.15, -0.1) is 11.3 Å². The number of aromatic nitrogens is 1. The highest BCUT2D eigenvalue weighted by Crippen LogP contribution is 2.32. The number of thiazole rings is 1. The molecule has 0 aliphatic rings. The van der Waals surface area contributed by atoms with E-state index in [2.05, 4.69) is 15.7 Å². The van der Waals surface area contributed by atoms with Crippen molar-refractivity contribution in [2.45, 2.75) is 13.0 Å². The SMILES string of the molecule is CNC(c1ccc(OC)c(OC)c1)c1nc(C)cs1. The minimum Gasteiger partial charge on any atom is -0.493 e. The molecule has 0 amide bonds. The number of hydrogen-bond acceptors (Lipinski definition) is 5. The van der Waals surface area contributed by atoms with Gasteiger partial charge in [0.25, 0.3) is 0 Å². The molecule has 1 N–H and O–H groups in total. The van der Waals surface area contributed by atoms with Gasteiger partial charge in [0.1, 0.15) is 5.01 Å². The second-order valence-corrected chi connectivity index (χ2v) is 5.05. The Kier molecular flexibility index (Phi) is 4.39. The van der Waals surface area contributed by atoms with E-state index >= 15 is 0 Å². The molecule has 1 atom stereocenters. The molecule has 2 aromatic rings. The minimum absolute atomic E-state index is 0.0681. The van der Waals surface area contributed by atoms with Crippen molar-refractivity contribution in [3.8, 4) is 11.5 Å². The summed E-state index contributed by atoms with van der Waals surface area (Å²) in [4.78, 5) is 4.54. The van der Waals surface area contributed by atoms with E-state index in [9.17, 15) is 0 Å². The Hall–Kier alpha value is -1.59. The fourth-order valence-electron chi connectivity index (χ4n) is 1.97. The van der Waals surface area contributed by atoms with Crippen LogP contribution in [0.25, 0.3) is 0 Å². The summed E-state index contributed by atoms with van der Waals surface area (Å²) >= 11 is 1.65. The van der Waals surface area contributed by atoms with Gasteiger partial charge in [0.05, 0.1) is 20.3 Å². The van der Waals surface area contributed by atoms with Crippen LogP contribution in [0.5, 0.6) is 11.5 Å². The number of hydrogen-bond donors (Lipinski definition) is 1. The van der Waals surface area contributed by atoms with Crippen LogP contribution in [0, 0.1) is 6.92 Å². The van der Waals surface area contributed by atoms with Crippen molar-refractivity contribution in [1.82, 2.24) is 10.3 Å². The minimum atomic E-state index is 0.0681. The summed E-state index contributed by atoms with van der Waals surface area (Å²) in [6.45, 7) is 2.00. The monoisotopic (exact) mass is 278 g/mol. The predicted octanol–water partition coefficient (Wildman–Crippen LogP) is 2.78. The van der Waals surface area contributed by atoms with Crippen molar-refractivity contribution in [1.29, 1.82) is 0 Å². The molecule has 0 saturated carbocycles. The second kappa shape index (κ2) is 6.04. The van der Waals surface area contributed by atoms with Gasteiger partial charge in [-0.3, -0.25) is 0 Å². The van der Waals surface area contributed by atoms with Gasteiger partial charge in [-0.1, -0.05) is 6.07 Å². The van der Waals surface area contributed by atoms with Gasteiger partial charge < -0.3 is 14.8 Å². The van der Waals surface area contributed by atoms with Gasteiger partial charge in [0, 0.05) is 11.1 Å². The summed E-state index contributed by atoms with van der Waals surface area (Å²) in [6.07, 6.45) is 0. The van der Waals surface area contributed by atoms with Crippen LogP contribution < -0.4 is 14.8 Å². The van der Waals surface area contributed by atoms with E-state index in [1.165, 1.54) is 0 Å². The maximum absolute atomic E-state index is 5.34. The second-order valence-electron chi connectivity index (χ2n) is 4.16. The normalized spacial score (nSPS) is 12.2. The van der Waals surface area contributed by atoms with E-state index in [1.807, 2.05) is 32.2 Å². The smallest absolute Gasteiger partial charge is 0.161 e. The molecule has 0 fully saturated rings. The molecule has 0 bridgehead atoms. The highest BCUT2D eigenvalue weighted by atomic mass is 32.1. The third kappa shape index (κ3) is 2.88. The molecule has 102 valence electrons. The largest absolute Gasteiger partial charge is 0.493 e. The Bertz CT molecular complexity index is 554.